The summed E-state index contributed by atoms with van der Waals surface area (Å²) >= 11 is 0. The average Bonchev–Trinajstić information content (AvgIpc) is 2.38. The second kappa shape index (κ2) is 5.65. The van der Waals surface area contributed by atoms with Gasteiger partial charge in [0.1, 0.15) is 11.6 Å². The van der Waals surface area contributed by atoms with Crippen LogP contribution in [0.5, 0.6) is 5.75 Å². The number of para-hydroxylation sites is 1. The first-order valence-electron chi connectivity index (χ1n) is 6.12. The predicted molar refractivity (Wildman–Crippen MR) is 73.0 cm³/mol. The summed E-state index contributed by atoms with van der Waals surface area (Å²) in [6.07, 6.45) is 0.732. The molecule has 2 aromatic rings. The molecule has 2 rings (SSSR count). The fourth-order valence-corrected chi connectivity index (χ4v) is 1.91. The van der Waals surface area contributed by atoms with Gasteiger partial charge in [0.2, 0.25) is 0 Å². The Hall–Kier alpha value is -2.16. The highest BCUT2D eigenvalue weighted by Gasteiger charge is 2.12. The third kappa shape index (κ3) is 2.99. The summed E-state index contributed by atoms with van der Waals surface area (Å²) in [5.74, 6) is 0.270. The normalized spacial score (nSPS) is 10.5. The van der Waals surface area contributed by atoms with Gasteiger partial charge in [-0.15, -0.1) is 0 Å². The molecular weight excluding hydrogens is 243 g/mol. The zero-order chi connectivity index (χ0) is 13.8. The molecule has 0 bridgehead atoms. The first-order chi connectivity index (χ1) is 9.11. The van der Waals surface area contributed by atoms with E-state index in [4.69, 9.17) is 4.74 Å². The van der Waals surface area contributed by atoms with Crippen LogP contribution in [0, 0.1) is 5.82 Å². The molecule has 2 aromatic carbocycles. The van der Waals surface area contributed by atoms with Crippen LogP contribution in [0.4, 0.5) is 4.39 Å². The molecule has 0 amide bonds. The highest BCUT2D eigenvalue weighted by molar-refractivity contribution is 5.89. The molecule has 0 aromatic heterocycles. The molecule has 0 aliphatic carbocycles. The van der Waals surface area contributed by atoms with Gasteiger partial charge in [0, 0.05) is 11.1 Å². The molecule has 0 aliphatic heterocycles. The summed E-state index contributed by atoms with van der Waals surface area (Å²) in [7, 11) is 0. The number of hydrogen-bond acceptors (Lipinski definition) is 2. The molecule has 19 heavy (non-hydrogen) atoms. The standard InChI is InChI=1S/C16H15FO2/c1-11(2)19-16-6-4-3-5-14(16)15-9-13(17)8-7-12(15)10-18/h3-11H,1-2H3. The smallest absolute Gasteiger partial charge is 0.150 e. The van der Waals surface area contributed by atoms with Crippen LogP contribution in [0.3, 0.4) is 0 Å². The van der Waals surface area contributed by atoms with Crippen molar-refractivity contribution in [1.29, 1.82) is 0 Å². The van der Waals surface area contributed by atoms with E-state index in [0.29, 0.717) is 16.9 Å². The number of benzene rings is 2. The van der Waals surface area contributed by atoms with Crippen molar-refractivity contribution in [1.82, 2.24) is 0 Å². The molecule has 0 spiro atoms. The Labute approximate surface area is 111 Å². The minimum atomic E-state index is -0.375. The maximum atomic E-state index is 13.4. The van der Waals surface area contributed by atoms with E-state index in [-0.39, 0.29) is 11.9 Å². The number of rotatable bonds is 4. The lowest BCUT2D eigenvalue weighted by Gasteiger charge is -2.15. The monoisotopic (exact) mass is 258 g/mol. The molecule has 0 unspecified atom stereocenters. The number of aldehydes is 1. The Bertz CT molecular complexity index is 591. The molecule has 0 atom stereocenters. The first kappa shape index (κ1) is 13.3. The van der Waals surface area contributed by atoms with Gasteiger partial charge in [-0.25, -0.2) is 4.39 Å². The van der Waals surface area contributed by atoms with Gasteiger partial charge < -0.3 is 4.74 Å². The Morgan fingerprint density at radius 1 is 1.11 bits per heavy atom. The number of hydrogen-bond donors (Lipinski definition) is 0. The van der Waals surface area contributed by atoms with Crippen molar-refractivity contribution in [2.45, 2.75) is 20.0 Å². The zero-order valence-electron chi connectivity index (χ0n) is 10.9. The molecule has 0 aliphatic rings. The largest absolute Gasteiger partial charge is 0.490 e. The fourth-order valence-electron chi connectivity index (χ4n) is 1.91. The van der Waals surface area contributed by atoms with Crippen molar-refractivity contribution in [2.75, 3.05) is 0 Å². The Morgan fingerprint density at radius 3 is 2.53 bits per heavy atom. The first-order valence-corrected chi connectivity index (χ1v) is 6.12. The number of halogens is 1. The quantitative estimate of drug-likeness (QED) is 0.772. The summed E-state index contributed by atoms with van der Waals surface area (Å²) in [5.41, 5.74) is 1.71. The van der Waals surface area contributed by atoms with E-state index in [9.17, 15) is 9.18 Å². The van der Waals surface area contributed by atoms with E-state index in [1.54, 1.807) is 0 Å². The van der Waals surface area contributed by atoms with E-state index in [1.165, 1.54) is 18.2 Å². The van der Waals surface area contributed by atoms with Crippen molar-refractivity contribution in [3.05, 3.63) is 53.8 Å². The molecule has 0 radical (unpaired) electrons. The van der Waals surface area contributed by atoms with E-state index >= 15 is 0 Å². The summed E-state index contributed by atoms with van der Waals surface area (Å²) in [6, 6.07) is 11.4. The van der Waals surface area contributed by atoms with Crippen LogP contribution >= 0.6 is 0 Å². The SMILES string of the molecule is CC(C)Oc1ccccc1-c1cc(F)ccc1C=O. The van der Waals surface area contributed by atoms with Gasteiger partial charge in [-0.3, -0.25) is 4.79 Å². The second-order valence-corrected chi connectivity index (χ2v) is 4.51. The van der Waals surface area contributed by atoms with Gasteiger partial charge in [0.05, 0.1) is 6.10 Å². The van der Waals surface area contributed by atoms with E-state index < -0.39 is 0 Å². The van der Waals surface area contributed by atoms with Crippen molar-refractivity contribution >= 4 is 6.29 Å². The van der Waals surface area contributed by atoms with E-state index in [0.717, 1.165) is 11.8 Å². The third-order valence-corrected chi connectivity index (χ3v) is 2.68. The minimum absolute atomic E-state index is 0.00869. The van der Waals surface area contributed by atoms with Gasteiger partial charge >= 0.3 is 0 Å². The van der Waals surface area contributed by atoms with Crippen molar-refractivity contribution < 1.29 is 13.9 Å². The summed E-state index contributed by atoms with van der Waals surface area (Å²) in [5, 5.41) is 0. The lowest BCUT2D eigenvalue weighted by Crippen LogP contribution is -2.06. The molecule has 0 saturated carbocycles. The van der Waals surface area contributed by atoms with E-state index in [2.05, 4.69) is 0 Å². The van der Waals surface area contributed by atoms with Crippen LogP contribution in [0.2, 0.25) is 0 Å². The van der Waals surface area contributed by atoms with Gasteiger partial charge in [-0.2, -0.15) is 0 Å². The highest BCUT2D eigenvalue weighted by Crippen LogP contribution is 2.32. The molecule has 2 nitrogen and oxygen atoms in total. The molecule has 3 heteroatoms. The van der Waals surface area contributed by atoms with Gasteiger partial charge in [0.15, 0.2) is 6.29 Å². The maximum absolute atomic E-state index is 13.4. The van der Waals surface area contributed by atoms with Crippen molar-refractivity contribution in [2.24, 2.45) is 0 Å². The molecule has 0 saturated heterocycles. The van der Waals surface area contributed by atoms with Crippen LogP contribution in [-0.4, -0.2) is 12.4 Å². The molecule has 0 N–H and O–H groups in total. The van der Waals surface area contributed by atoms with Crippen LogP contribution in [0.1, 0.15) is 24.2 Å². The molecule has 0 fully saturated rings. The minimum Gasteiger partial charge on any atom is -0.490 e. The Morgan fingerprint density at radius 2 is 1.84 bits per heavy atom. The molecular formula is C16H15FO2. The van der Waals surface area contributed by atoms with Gasteiger partial charge in [-0.05, 0) is 43.7 Å². The average molecular weight is 258 g/mol. The van der Waals surface area contributed by atoms with E-state index in [1.807, 2.05) is 38.1 Å². The number of carbonyl (C=O) groups excluding carboxylic acids is 1. The topological polar surface area (TPSA) is 26.3 Å². The maximum Gasteiger partial charge on any atom is 0.150 e. The van der Waals surface area contributed by atoms with Crippen molar-refractivity contribution in [3.8, 4) is 16.9 Å². The molecule has 98 valence electrons. The summed E-state index contributed by atoms with van der Waals surface area (Å²) in [4.78, 5) is 11.1. The summed E-state index contributed by atoms with van der Waals surface area (Å²) in [6.45, 7) is 3.84. The third-order valence-electron chi connectivity index (χ3n) is 2.68. The lowest BCUT2D eigenvalue weighted by atomic mass is 9.99. The molecule has 0 heterocycles. The predicted octanol–water partition coefficient (Wildman–Crippen LogP) is 4.09. The Kier molecular flexibility index (Phi) is 3.95. The lowest BCUT2D eigenvalue weighted by molar-refractivity contribution is 0.112. The van der Waals surface area contributed by atoms with Gasteiger partial charge in [-0.1, -0.05) is 18.2 Å². The van der Waals surface area contributed by atoms with Crippen LogP contribution in [0.25, 0.3) is 11.1 Å². The second-order valence-electron chi connectivity index (χ2n) is 4.51. The fraction of sp³-hybridized carbons (Fsp3) is 0.188. The highest BCUT2D eigenvalue weighted by atomic mass is 19.1. The summed E-state index contributed by atoms with van der Waals surface area (Å²) < 4.78 is 19.1. The van der Waals surface area contributed by atoms with Crippen LogP contribution in [0.15, 0.2) is 42.5 Å². The number of carbonyl (C=O) groups is 1. The zero-order valence-corrected chi connectivity index (χ0v) is 10.9. The van der Waals surface area contributed by atoms with Gasteiger partial charge in [0.25, 0.3) is 0 Å². The Balaban J connectivity index is 2.58. The number of ether oxygens (including phenoxy) is 1. The van der Waals surface area contributed by atoms with Crippen LogP contribution in [-0.2, 0) is 0 Å². The van der Waals surface area contributed by atoms with Crippen molar-refractivity contribution in [3.63, 3.8) is 0 Å². The van der Waals surface area contributed by atoms with Crippen LogP contribution < -0.4 is 4.74 Å².